The van der Waals surface area contributed by atoms with Crippen molar-refractivity contribution in [3.63, 3.8) is 0 Å². The number of amides is 1. The minimum atomic E-state index is -1.04. The van der Waals surface area contributed by atoms with Crippen molar-refractivity contribution in [3.8, 4) is 6.07 Å². The number of nitrogens with one attached hydrogen (secondary N) is 1. The lowest BCUT2D eigenvalue weighted by Crippen LogP contribution is -2.45. The summed E-state index contributed by atoms with van der Waals surface area (Å²) < 4.78 is 0. The van der Waals surface area contributed by atoms with Crippen LogP contribution in [0, 0.1) is 11.3 Å². The molecule has 35 heavy (non-hydrogen) atoms. The predicted octanol–water partition coefficient (Wildman–Crippen LogP) is 4.43. The van der Waals surface area contributed by atoms with Crippen LogP contribution in [0.15, 0.2) is 54.1 Å². The van der Waals surface area contributed by atoms with Gasteiger partial charge in [0.05, 0.1) is 17.2 Å². The SMILES string of the molecule is C=C(CCCC/C=N\NCC)c1cc(C(=O)N2CCC(O)(c3cccc(C#N)c3)CC2)ccc1N. The largest absolute Gasteiger partial charge is 0.398 e. The number of piperidine rings is 1. The number of nitrogen functional groups attached to an aromatic ring is 1. The van der Waals surface area contributed by atoms with Crippen LogP contribution in [-0.4, -0.2) is 41.8 Å². The molecule has 0 bridgehead atoms. The number of unbranched alkanes of at least 4 members (excludes halogenated alkanes) is 2. The van der Waals surface area contributed by atoms with Crippen LogP contribution in [0.4, 0.5) is 5.69 Å². The summed E-state index contributed by atoms with van der Waals surface area (Å²) in [4.78, 5) is 15.0. The average molecular weight is 474 g/mol. The quantitative estimate of drug-likeness (QED) is 0.204. The van der Waals surface area contributed by atoms with Gasteiger partial charge >= 0.3 is 0 Å². The van der Waals surface area contributed by atoms with Gasteiger partial charge in [0.15, 0.2) is 0 Å². The molecule has 7 heteroatoms. The second-order valence-electron chi connectivity index (χ2n) is 8.99. The molecular weight excluding hydrogens is 438 g/mol. The van der Waals surface area contributed by atoms with E-state index in [9.17, 15) is 9.90 Å². The third kappa shape index (κ3) is 6.71. The van der Waals surface area contributed by atoms with E-state index in [1.54, 1.807) is 35.2 Å². The highest BCUT2D eigenvalue weighted by atomic mass is 16.3. The van der Waals surface area contributed by atoms with Gasteiger partial charge in [-0.25, -0.2) is 0 Å². The minimum absolute atomic E-state index is 0.0773. The molecule has 1 aliphatic heterocycles. The third-order valence-electron chi connectivity index (χ3n) is 6.49. The second kappa shape index (κ2) is 12.2. The molecule has 1 fully saturated rings. The smallest absolute Gasteiger partial charge is 0.253 e. The van der Waals surface area contributed by atoms with Crippen LogP contribution >= 0.6 is 0 Å². The van der Waals surface area contributed by atoms with Gasteiger partial charge in [-0.15, -0.1) is 0 Å². The van der Waals surface area contributed by atoms with Crippen molar-refractivity contribution in [2.24, 2.45) is 5.10 Å². The Morgan fingerprint density at radius 3 is 2.77 bits per heavy atom. The van der Waals surface area contributed by atoms with Crippen molar-refractivity contribution in [1.29, 1.82) is 5.26 Å². The summed E-state index contributed by atoms with van der Waals surface area (Å²) in [6.45, 7) is 7.89. The van der Waals surface area contributed by atoms with Gasteiger partial charge < -0.3 is 21.2 Å². The summed E-state index contributed by atoms with van der Waals surface area (Å²) in [6.07, 6.45) is 6.39. The van der Waals surface area contributed by atoms with Gasteiger partial charge in [0.25, 0.3) is 5.91 Å². The van der Waals surface area contributed by atoms with Crippen molar-refractivity contribution in [3.05, 3.63) is 71.3 Å². The number of carbonyl (C=O) groups is 1. The molecule has 0 unspecified atom stereocenters. The Hall–Kier alpha value is -3.63. The van der Waals surface area contributed by atoms with Gasteiger partial charge in [-0.1, -0.05) is 18.7 Å². The van der Waals surface area contributed by atoms with E-state index in [4.69, 9.17) is 11.0 Å². The van der Waals surface area contributed by atoms with Crippen LogP contribution < -0.4 is 11.2 Å². The average Bonchev–Trinajstić information content (AvgIpc) is 2.88. The first-order chi connectivity index (χ1) is 16.9. The highest BCUT2D eigenvalue weighted by molar-refractivity contribution is 5.96. The van der Waals surface area contributed by atoms with E-state index >= 15 is 0 Å². The molecule has 0 aliphatic carbocycles. The number of allylic oxidation sites excluding steroid dienone is 1. The van der Waals surface area contributed by atoms with E-state index in [2.05, 4.69) is 23.2 Å². The van der Waals surface area contributed by atoms with Crippen LogP contribution in [0.5, 0.6) is 0 Å². The van der Waals surface area contributed by atoms with Crippen LogP contribution in [-0.2, 0) is 5.60 Å². The molecule has 1 amide bonds. The Balaban J connectivity index is 1.59. The lowest BCUT2D eigenvalue weighted by molar-refractivity contribution is -0.0211. The maximum absolute atomic E-state index is 13.2. The number of nitrogens with two attached hydrogens (primary N) is 1. The van der Waals surface area contributed by atoms with Gasteiger partial charge in [0.1, 0.15) is 0 Å². The van der Waals surface area contributed by atoms with E-state index in [0.29, 0.717) is 42.7 Å². The molecule has 1 saturated heterocycles. The van der Waals surface area contributed by atoms with Crippen LogP contribution in [0.2, 0.25) is 0 Å². The van der Waals surface area contributed by atoms with E-state index in [1.165, 1.54) is 0 Å². The summed E-state index contributed by atoms with van der Waals surface area (Å²) in [7, 11) is 0. The number of anilines is 1. The number of benzene rings is 2. The van der Waals surface area contributed by atoms with Gasteiger partial charge in [0, 0.05) is 42.7 Å². The number of nitriles is 1. The number of hydrazone groups is 1. The molecule has 2 aromatic rings. The van der Waals surface area contributed by atoms with Crippen LogP contribution in [0.3, 0.4) is 0 Å². The molecule has 0 spiro atoms. The zero-order valence-electron chi connectivity index (χ0n) is 20.5. The fourth-order valence-corrected chi connectivity index (χ4v) is 4.35. The number of nitrogens with zero attached hydrogens (tertiary/aromatic N) is 3. The molecule has 3 rings (SSSR count). The van der Waals surface area contributed by atoms with Gasteiger partial charge in [-0.3, -0.25) is 4.79 Å². The molecule has 0 radical (unpaired) electrons. The Labute approximate surface area is 207 Å². The number of hydrogen-bond donors (Lipinski definition) is 3. The molecule has 7 nitrogen and oxygen atoms in total. The molecule has 0 saturated carbocycles. The number of aliphatic hydroxyl groups is 1. The van der Waals surface area contributed by atoms with E-state index in [1.807, 2.05) is 25.3 Å². The van der Waals surface area contributed by atoms with Crippen molar-refractivity contribution < 1.29 is 9.90 Å². The summed E-state index contributed by atoms with van der Waals surface area (Å²) in [5.74, 6) is -0.0773. The normalized spacial score (nSPS) is 15.1. The summed E-state index contributed by atoms with van der Waals surface area (Å²) in [5, 5.41) is 24.4. The molecule has 0 atom stereocenters. The monoisotopic (exact) mass is 473 g/mol. The molecular formula is C28H35N5O2. The molecule has 4 N–H and O–H groups in total. The third-order valence-corrected chi connectivity index (χ3v) is 6.49. The molecule has 1 aliphatic rings. The number of rotatable bonds is 10. The zero-order chi connectivity index (χ0) is 25.3. The highest BCUT2D eigenvalue weighted by Crippen LogP contribution is 2.34. The maximum atomic E-state index is 13.2. The Morgan fingerprint density at radius 1 is 1.29 bits per heavy atom. The van der Waals surface area contributed by atoms with Crippen molar-refractivity contribution in [2.75, 3.05) is 25.4 Å². The highest BCUT2D eigenvalue weighted by Gasteiger charge is 2.35. The molecule has 2 aromatic carbocycles. The Kier molecular flexibility index (Phi) is 9.04. The first-order valence-electron chi connectivity index (χ1n) is 12.2. The minimum Gasteiger partial charge on any atom is -0.398 e. The molecule has 184 valence electrons. The Morgan fingerprint density at radius 2 is 2.06 bits per heavy atom. The van der Waals surface area contributed by atoms with Crippen molar-refractivity contribution in [1.82, 2.24) is 10.3 Å². The van der Waals surface area contributed by atoms with Crippen molar-refractivity contribution in [2.45, 2.75) is 51.0 Å². The maximum Gasteiger partial charge on any atom is 0.253 e. The Bertz CT molecular complexity index is 1110. The standard InChI is InChI=1S/C28H35N5O2/c1-3-31-32-15-6-4-5-8-21(2)25-19-23(11-12-26(25)30)27(34)33-16-13-28(35,14-17-33)24-10-7-9-22(18-24)20-29/h7,9-12,15,18-19,31,35H,2-6,8,13-14,16-17,30H2,1H3/b32-15-. The zero-order valence-corrected chi connectivity index (χ0v) is 20.5. The van der Waals surface area contributed by atoms with E-state index in [-0.39, 0.29) is 5.91 Å². The van der Waals surface area contributed by atoms with E-state index in [0.717, 1.165) is 48.9 Å². The lowest BCUT2D eigenvalue weighted by atomic mass is 9.83. The van der Waals surface area contributed by atoms with Crippen LogP contribution in [0.1, 0.15) is 72.5 Å². The number of hydrogen-bond acceptors (Lipinski definition) is 6. The lowest BCUT2D eigenvalue weighted by Gasteiger charge is -2.38. The first kappa shape index (κ1) is 26.0. The first-order valence-corrected chi connectivity index (χ1v) is 12.2. The van der Waals surface area contributed by atoms with Crippen molar-refractivity contribution >= 4 is 23.4 Å². The van der Waals surface area contributed by atoms with Gasteiger partial charge in [-0.05, 0) is 86.9 Å². The molecule has 1 heterocycles. The second-order valence-corrected chi connectivity index (χ2v) is 8.99. The summed E-state index contributed by atoms with van der Waals surface area (Å²) in [5.41, 5.74) is 12.3. The fourth-order valence-electron chi connectivity index (χ4n) is 4.35. The fraction of sp³-hybridized carbons (Fsp3) is 0.393. The number of likely N-dealkylation sites (tertiary alicyclic amines) is 1. The van der Waals surface area contributed by atoms with Gasteiger partial charge in [-0.2, -0.15) is 10.4 Å². The summed E-state index contributed by atoms with van der Waals surface area (Å²) >= 11 is 0. The topological polar surface area (TPSA) is 115 Å². The van der Waals surface area contributed by atoms with Gasteiger partial charge in [0.2, 0.25) is 0 Å². The molecule has 0 aromatic heterocycles. The van der Waals surface area contributed by atoms with Crippen LogP contribution in [0.25, 0.3) is 5.57 Å². The number of carbonyl (C=O) groups excluding carboxylic acids is 1. The van der Waals surface area contributed by atoms with E-state index < -0.39 is 5.60 Å². The summed E-state index contributed by atoms with van der Waals surface area (Å²) in [6, 6.07) is 14.5. The predicted molar refractivity (Wildman–Crippen MR) is 141 cm³/mol.